The fraction of sp³-hybridized carbons (Fsp3) is 0.462. The van der Waals surface area contributed by atoms with Gasteiger partial charge in [0.25, 0.3) is 0 Å². The Hall–Kier alpha value is -1.36. The van der Waals surface area contributed by atoms with Crippen molar-refractivity contribution in [3.05, 3.63) is 29.8 Å². The summed E-state index contributed by atoms with van der Waals surface area (Å²) in [5.41, 5.74) is 7.28. The van der Waals surface area contributed by atoms with Gasteiger partial charge in [0.1, 0.15) is 5.75 Å². The van der Waals surface area contributed by atoms with E-state index in [2.05, 4.69) is 0 Å². The third kappa shape index (κ3) is 3.32. The molecule has 1 heterocycles. The summed E-state index contributed by atoms with van der Waals surface area (Å²) >= 11 is 0. The molecule has 1 aliphatic rings. The number of hydrogen-bond acceptors (Lipinski definition) is 3. The molecule has 1 unspecified atom stereocenters. The number of carbonyl (C=O) groups is 1. The van der Waals surface area contributed by atoms with Crippen LogP contribution in [0, 0.1) is 0 Å². The predicted molar refractivity (Wildman–Crippen MR) is 73.4 cm³/mol. The van der Waals surface area contributed by atoms with Gasteiger partial charge >= 0.3 is 0 Å². The van der Waals surface area contributed by atoms with Crippen molar-refractivity contribution in [2.24, 2.45) is 0 Å². The third-order valence-electron chi connectivity index (χ3n) is 3.11. The topological polar surface area (TPSA) is 63.4 Å². The van der Waals surface area contributed by atoms with Crippen LogP contribution >= 0.6 is 0 Å². The molecule has 0 aliphatic carbocycles. The van der Waals surface area contributed by atoms with Gasteiger partial charge in [-0.15, -0.1) is 0 Å². The minimum atomic E-state index is -1.18. The molecule has 0 bridgehead atoms. The zero-order valence-corrected chi connectivity index (χ0v) is 11.1. The fourth-order valence-electron chi connectivity index (χ4n) is 2.09. The van der Waals surface area contributed by atoms with Crippen LogP contribution in [0.25, 0.3) is 0 Å². The van der Waals surface area contributed by atoms with E-state index in [1.54, 1.807) is 11.0 Å². The van der Waals surface area contributed by atoms with Crippen LogP contribution < -0.4 is 5.73 Å². The molecule has 1 saturated heterocycles. The average Bonchev–Trinajstić information content (AvgIpc) is 2.85. The van der Waals surface area contributed by atoms with E-state index in [9.17, 15) is 9.00 Å². The summed E-state index contributed by atoms with van der Waals surface area (Å²) in [5.74, 6) is 0.459. The Labute approximate surface area is 110 Å². The second-order valence-corrected chi connectivity index (χ2v) is 5.97. The number of para-hydroxylation sites is 1. The van der Waals surface area contributed by atoms with Gasteiger partial charge in [-0.25, -0.2) is 0 Å². The van der Waals surface area contributed by atoms with E-state index < -0.39 is 10.8 Å². The van der Waals surface area contributed by atoms with Crippen LogP contribution in [0.1, 0.15) is 18.4 Å². The van der Waals surface area contributed by atoms with Crippen LogP contribution in [-0.4, -0.2) is 33.9 Å². The summed E-state index contributed by atoms with van der Waals surface area (Å²) in [6.45, 7) is 1.62. The number of carbonyl (C=O) groups excluding carboxylic acids is 1. The smallest absolute Gasteiger partial charge is 0.235 e. The van der Waals surface area contributed by atoms with Gasteiger partial charge < -0.3 is 10.6 Å². The lowest BCUT2D eigenvalue weighted by atomic mass is 10.2. The number of likely N-dealkylation sites (tertiary alicyclic amines) is 1. The number of rotatable bonds is 4. The number of nitrogens with zero attached hydrogens (tertiary/aromatic N) is 1. The lowest BCUT2D eigenvalue weighted by Crippen LogP contribution is -2.32. The van der Waals surface area contributed by atoms with Gasteiger partial charge in [-0.2, -0.15) is 0 Å². The minimum absolute atomic E-state index is 0.000311. The number of nitrogen functional groups attached to an aromatic ring is 1. The van der Waals surface area contributed by atoms with Crippen LogP contribution in [0.2, 0.25) is 0 Å². The van der Waals surface area contributed by atoms with Crippen molar-refractivity contribution in [3.63, 3.8) is 0 Å². The Kier molecular flexibility index (Phi) is 4.36. The van der Waals surface area contributed by atoms with E-state index in [4.69, 9.17) is 5.73 Å². The molecular weight excluding hydrogens is 248 g/mol. The summed E-state index contributed by atoms with van der Waals surface area (Å²) in [6, 6.07) is 7.35. The maximum absolute atomic E-state index is 11.9. The normalized spacial score (nSPS) is 16.8. The molecular formula is C13H18N2O2S. The molecule has 1 aliphatic heterocycles. The maximum Gasteiger partial charge on any atom is 0.235 e. The molecule has 1 amide bonds. The van der Waals surface area contributed by atoms with Crippen LogP contribution in [-0.2, 0) is 21.3 Å². The quantitative estimate of drug-likeness (QED) is 0.831. The summed E-state index contributed by atoms with van der Waals surface area (Å²) in [5, 5.41) is 0. The van der Waals surface area contributed by atoms with Crippen molar-refractivity contribution in [2.75, 3.05) is 24.6 Å². The summed E-state index contributed by atoms with van der Waals surface area (Å²) in [7, 11) is -1.18. The molecule has 2 N–H and O–H groups in total. The number of anilines is 1. The van der Waals surface area contributed by atoms with Gasteiger partial charge in [0.2, 0.25) is 5.91 Å². The van der Waals surface area contributed by atoms with Gasteiger partial charge in [-0.1, -0.05) is 18.2 Å². The first-order chi connectivity index (χ1) is 8.66. The molecule has 5 heteroatoms. The largest absolute Gasteiger partial charge is 0.398 e. The SMILES string of the molecule is Nc1ccccc1CS(=O)CC(=O)N1CCCC1. The van der Waals surface area contributed by atoms with Crippen molar-refractivity contribution >= 4 is 22.4 Å². The maximum atomic E-state index is 11.9. The van der Waals surface area contributed by atoms with Gasteiger partial charge in [-0.05, 0) is 24.5 Å². The first-order valence-corrected chi connectivity index (χ1v) is 7.62. The second-order valence-electron chi connectivity index (χ2n) is 4.52. The summed E-state index contributed by atoms with van der Waals surface area (Å²) in [4.78, 5) is 13.6. The van der Waals surface area contributed by atoms with Gasteiger partial charge in [0.05, 0.1) is 5.75 Å². The van der Waals surface area contributed by atoms with Crippen LogP contribution in [0.5, 0.6) is 0 Å². The average molecular weight is 266 g/mol. The highest BCUT2D eigenvalue weighted by atomic mass is 32.2. The third-order valence-corrected chi connectivity index (χ3v) is 4.32. The molecule has 1 atom stereocenters. The Morgan fingerprint density at radius 3 is 2.61 bits per heavy atom. The summed E-state index contributed by atoms with van der Waals surface area (Å²) < 4.78 is 11.9. The van der Waals surface area contributed by atoms with E-state index in [-0.39, 0.29) is 11.7 Å². The Morgan fingerprint density at radius 2 is 1.94 bits per heavy atom. The molecule has 1 fully saturated rings. The lowest BCUT2D eigenvalue weighted by Gasteiger charge is -2.14. The minimum Gasteiger partial charge on any atom is -0.398 e. The number of nitrogens with two attached hydrogens (primary N) is 1. The molecule has 18 heavy (non-hydrogen) atoms. The number of amides is 1. The van der Waals surface area contributed by atoms with Crippen LogP contribution in [0.3, 0.4) is 0 Å². The van der Waals surface area contributed by atoms with Crippen LogP contribution in [0.15, 0.2) is 24.3 Å². The Morgan fingerprint density at radius 1 is 1.28 bits per heavy atom. The first-order valence-electron chi connectivity index (χ1n) is 6.13. The van der Waals surface area contributed by atoms with Crippen molar-refractivity contribution in [1.29, 1.82) is 0 Å². The standard InChI is InChI=1S/C13H18N2O2S/c14-12-6-2-1-5-11(12)9-18(17)10-13(16)15-7-3-4-8-15/h1-2,5-6H,3-4,7-10,14H2. The molecule has 0 radical (unpaired) electrons. The second kappa shape index (κ2) is 6.00. The van der Waals surface area contributed by atoms with Gasteiger partial charge in [0.15, 0.2) is 0 Å². The highest BCUT2D eigenvalue weighted by Gasteiger charge is 2.20. The van der Waals surface area contributed by atoms with Crippen molar-refractivity contribution < 1.29 is 9.00 Å². The monoisotopic (exact) mass is 266 g/mol. The molecule has 1 aromatic rings. The molecule has 0 spiro atoms. The van der Waals surface area contributed by atoms with Crippen LogP contribution in [0.4, 0.5) is 5.69 Å². The molecule has 1 aromatic carbocycles. The predicted octanol–water partition coefficient (Wildman–Crippen LogP) is 1.14. The number of benzene rings is 1. The van der Waals surface area contributed by atoms with Gasteiger partial charge in [-0.3, -0.25) is 9.00 Å². The molecule has 2 rings (SSSR count). The van der Waals surface area contributed by atoms with Crippen molar-refractivity contribution in [3.8, 4) is 0 Å². The van der Waals surface area contributed by atoms with E-state index >= 15 is 0 Å². The Bertz CT molecular complexity index is 456. The van der Waals surface area contributed by atoms with E-state index in [1.807, 2.05) is 18.2 Å². The van der Waals surface area contributed by atoms with Gasteiger partial charge in [0, 0.05) is 29.6 Å². The highest BCUT2D eigenvalue weighted by molar-refractivity contribution is 7.84. The number of hydrogen-bond donors (Lipinski definition) is 1. The zero-order chi connectivity index (χ0) is 13.0. The highest BCUT2D eigenvalue weighted by Crippen LogP contribution is 2.14. The molecule has 0 saturated carbocycles. The zero-order valence-electron chi connectivity index (χ0n) is 10.3. The van der Waals surface area contributed by atoms with Crippen molar-refractivity contribution in [1.82, 2.24) is 4.90 Å². The molecule has 0 aromatic heterocycles. The van der Waals surface area contributed by atoms with E-state index in [0.29, 0.717) is 11.4 Å². The lowest BCUT2D eigenvalue weighted by molar-refractivity contribution is -0.127. The van der Waals surface area contributed by atoms with E-state index in [0.717, 1.165) is 31.5 Å². The fourth-order valence-corrected chi connectivity index (χ4v) is 3.26. The van der Waals surface area contributed by atoms with E-state index in [1.165, 1.54) is 0 Å². The molecule has 4 nitrogen and oxygen atoms in total. The molecule has 98 valence electrons. The summed E-state index contributed by atoms with van der Waals surface area (Å²) in [6.07, 6.45) is 2.12. The Balaban J connectivity index is 1.89. The first kappa shape index (κ1) is 13.1. The van der Waals surface area contributed by atoms with Crippen molar-refractivity contribution in [2.45, 2.75) is 18.6 Å².